The molecule has 1 aromatic heterocycles. The Bertz CT molecular complexity index is 535. The Morgan fingerprint density at radius 1 is 1.29 bits per heavy atom. The van der Waals surface area contributed by atoms with Crippen LogP contribution < -0.4 is 10.5 Å². The first-order valence-electron chi connectivity index (χ1n) is 5.80. The molecular weight excluding hydrogens is 212 g/mol. The maximum atomic E-state index is 5.89. The summed E-state index contributed by atoms with van der Waals surface area (Å²) in [5.74, 6) is 0.889. The smallest absolute Gasteiger partial charge is 0.122 e. The van der Waals surface area contributed by atoms with Crippen LogP contribution in [0.2, 0.25) is 0 Å². The minimum absolute atomic E-state index is 0.107. The number of fused-ring (bicyclic) bond motifs is 1. The second-order valence-corrected chi connectivity index (χ2v) is 4.45. The highest BCUT2D eigenvalue weighted by Crippen LogP contribution is 2.28. The van der Waals surface area contributed by atoms with E-state index < -0.39 is 0 Å². The monoisotopic (exact) mass is 230 g/mol. The maximum absolute atomic E-state index is 5.89. The molecule has 0 saturated carbocycles. The van der Waals surface area contributed by atoms with Gasteiger partial charge in [-0.15, -0.1) is 0 Å². The minimum atomic E-state index is 0.107. The van der Waals surface area contributed by atoms with E-state index in [-0.39, 0.29) is 6.04 Å². The van der Waals surface area contributed by atoms with Gasteiger partial charge in [0.25, 0.3) is 0 Å². The highest BCUT2D eigenvalue weighted by Gasteiger charge is 2.10. The van der Waals surface area contributed by atoms with E-state index in [1.54, 1.807) is 7.11 Å². The van der Waals surface area contributed by atoms with Crippen molar-refractivity contribution in [1.82, 2.24) is 4.98 Å². The highest BCUT2D eigenvalue weighted by molar-refractivity contribution is 5.84. The van der Waals surface area contributed by atoms with Gasteiger partial charge in [-0.1, -0.05) is 6.07 Å². The summed E-state index contributed by atoms with van der Waals surface area (Å²) in [7, 11) is 1.69. The Balaban J connectivity index is 2.65. The first-order valence-corrected chi connectivity index (χ1v) is 5.80. The molecule has 17 heavy (non-hydrogen) atoms. The molecule has 90 valence electrons. The van der Waals surface area contributed by atoms with Crippen molar-refractivity contribution < 1.29 is 4.74 Å². The number of aryl methyl sites for hydroxylation is 1. The molecule has 3 nitrogen and oxygen atoms in total. The SMILES string of the molecule is COc1ccc2nc(C)ccc2c1CC(C)N. The van der Waals surface area contributed by atoms with Gasteiger partial charge in [-0.3, -0.25) is 4.98 Å². The summed E-state index contributed by atoms with van der Waals surface area (Å²) >= 11 is 0. The highest BCUT2D eigenvalue weighted by atomic mass is 16.5. The first kappa shape index (κ1) is 11.9. The fourth-order valence-electron chi connectivity index (χ4n) is 2.07. The van der Waals surface area contributed by atoms with Crippen molar-refractivity contribution in [1.29, 1.82) is 0 Å². The van der Waals surface area contributed by atoms with Crippen molar-refractivity contribution in [3.8, 4) is 5.75 Å². The number of pyridine rings is 1. The molecule has 0 spiro atoms. The van der Waals surface area contributed by atoms with Crippen molar-refractivity contribution in [3.05, 3.63) is 35.5 Å². The fourth-order valence-corrected chi connectivity index (χ4v) is 2.07. The zero-order chi connectivity index (χ0) is 12.4. The van der Waals surface area contributed by atoms with Crippen LogP contribution in [0, 0.1) is 6.92 Å². The Kier molecular flexibility index (Phi) is 3.29. The van der Waals surface area contributed by atoms with Gasteiger partial charge in [0.2, 0.25) is 0 Å². The second kappa shape index (κ2) is 4.72. The van der Waals surface area contributed by atoms with Gasteiger partial charge in [-0.25, -0.2) is 0 Å². The molecular formula is C14H18N2O. The zero-order valence-electron chi connectivity index (χ0n) is 10.5. The molecule has 1 atom stereocenters. The predicted octanol–water partition coefficient (Wildman–Crippen LogP) is 2.44. The molecule has 2 rings (SSSR count). The summed E-state index contributed by atoms with van der Waals surface area (Å²) in [6, 6.07) is 8.18. The van der Waals surface area contributed by atoms with Gasteiger partial charge in [-0.05, 0) is 38.5 Å². The third-order valence-corrected chi connectivity index (χ3v) is 2.83. The third-order valence-electron chi connectivity index (χ3n) is 2.83. The average molecular weight is 230 g/mol. The maximum Gasteiger partial charge on any atom is 0.122 e. The molecule has 0 amide bonds. The van der Waals surface area contributed by atoms with Crippen LogP contribution in [0.25, 0.3) is 10.9 Å². The van der Waals surface area contributed by atoms with E-state index in [0.717, 1.165) is 34.3 Å². The Labute approximate surface area is 102 Å². The number of hydrogen-bond acceptors (Lipinski definition) is 3. The molecule has 2 N–H and O–H groups in total. The zero-order valence-corrected chi connectivity index (χ0v) is 10.5. The van der Waals surface area contributed by atoms with Crippen molar-refractivity contribution in [2.75, 3.05) is 7.11 Å². The number of nitrogens with two attached hydrogens (primary N) is 1. The number of aromatic nitrogens is 1. The van der Waals surface area contributed by atoms with Crippen LogP contribution in [0.15, 0.2) is 24.3 Å². The predicted molar refractivity (Wildman–Crippen MR) is 70.4 cm³/mol. The van der Waals surface area contributed by atoms with Crippen LogP contribution in [-0.2, 0) is 6.42 Å². The molecule has 1 heterocycles. The largest absolute Gasteiger partial charge is 0.496 e. The molecule has 0 radical (unpaired) electrons. The lowest BCUT2D eigenvalue weighted by molar-refractivity contribution is 0.409. The van der Waals surface area contributed by atoms with Crippen LogP contribution >= 0.6 is 0 Å². The summed E-state index contributed by atoms with van der Waals surface area (Å²) in [4.78, 5) is 4.52. The minimum Gasteiger partial charge on any atom is -0.496 e. The van der Waals surface area contributed by atoms with Crippen molar-refractivity contribution in [2.24, 2.45) is 5.73 Å². The number of rotatable bonds is 3. The summed E-state index contributed by atoms with van der Waals surface area (Å²) in [5.41, 5.74) is 9.06. The molecule has 0 aliphatic heterocycles. The van der Waals surface area contributed by atoms with Crippen molar-refractivity contribution in [3.63, 3.8) is 0 Å². The van der Waals surface area contributed by atoms with E-state index in [1.165, 1.54) is 0 Å². The molecule has 0 aliphatic carbocycles. The topological polar surface area (TPSA) is 48.1 Å². The Morgan fingerprint density at radius 2 is 2.06 bits per heavy atom. The number of hydrogen-bond donors (Lipinski definition) is 1. The standard InChI is InChI=1S/C14H18N2O/c1-9(15)8-12-11-5-4-10(2)16-13(11)6-7-14(12)17-3/h4-7,9H,8,15H2,1-3H3. The van der Waals surface area contributed by atoms with Gasteiger partial charge >= 0.3 is 0 Å². The van der Waals surface area contributed by atoms with Gasteiger partial charge in [0.15, 0.2) is 0 Å². The van der Waals surface area contributed by atoms with Gasteiger partial charge in [0.05, 0.1) is 12.6 Å². The van der Waals surface area contributed by atoms with Crippen LogP contribution in [0.4, 0.5) is 0 Å². The van der Waals surface area contributed by atoms with Crippen molar-refractivity contribution >= 4 is 10.9 Å². The normalized spacial score (nSPS) is 12.7. The molecule has 0 saturated heterocycles. The van der Waals surface area contributed by atoms with Gasteiger partial charge in [0.1, 0.15) is 5.75 Å². The number of ether oxygens (including phenoxy) is 1. The van der Waals surface area contributed by atoms with E-state index in [0.29, 0.717) is 0 Å². The number of methoxy groups -OCH3 is 1. The number of nitrogens with zero attached hydrogens (tertiary/aromatic N) is 1. The fraction of sp³-hybridized carbons (Fsp3) is 0.357. The quantitative estimate of drug-likeness (QED) is 0.881. The molecule has 1 unspecified atom stereocenters. The third kappa shape index (κ3) is 2.39. The van der Waals surface area contributed by atoms with Gasteiger partial charge in [-0.2, -0.15) is 0 Å². The van der Waals surface area contributed by atoms with E-state index in [4.69, 9.17) is 10.5 Å². The number of benzene rings is 1. The molecule has 2 aromatic rings. The van der Waals surface area contributed by atoms with Crippen LogP contribution in [0.3, 0.4) is 0 Å². The Hall–Kier alpha value is -1.61. The average Bonchev–Trinajstić information content (AvgIpc) is 2.28. The van der Waals surface area contributed by atoms with Crippen LogP contribution in [0.5, 0.6) is 5.75 Å². The van der Waals surface area contributed by atoms with Gasteiger partial charge in [0, 0.05) is 22.7 Å². The van der Waals surface area contributed by atoms with E-state index in [9.17, 15) is 0 Å². The van der Waals surface area contributed by atoms with Gasteiger partial charge < -0.3 is 10.5 Å². The first-order chi connectivity index (χ1) is 8.11. The van der Waals surface area contributed by atoms with Crippen LogP contribution in [0.1, 0.15) is 18.2 Å². The lowest BCUT2D eigenvalue weighted by atomic mass is 10.0. The summed E-state index contributed by atoms with van der Waals surface area (Å²) < 4.78 is 5.40. The summed E-state index contributed by atoms with van der Waals surface area (Å²) in [6.45, 7) is 3.99. The summed E-state index contributed by atoms with van der Waals surface area (Å²) in [6.07, 6.45) is 0.797. The van der Waals surface area contributed by atoms with E-state index >= 15 is 0 Å². The molecule has 3 heteroatoms. The van der Waals surface area contributed by atoms with E-state index in [1.807, 2.05) is 32.0 Å². The molecule has 0 fully saturated rings. The van der Waals surface area contributed by atoms with E-state index in [2.05, 4.69) is 11.1 Å². The molecule has 0 bridgehead atoms. The summed E-state index contributed by atoms with van der Waals surface area (Å²) in [5, 5.41) is 1.13. The molecule has 1 aromatic carbocycles. The lowest BCUT2D eigenvalue weighted by Gasteiger charge is -2.13. The van der Waals surface area contributed by atoms with Crippen LogP contribution in [-0.4, -0.2) is 18.1 Å². The van der Waals surface area contributed by atoms with Crippen molar-refractivity contribution in [2.45, 2.75) is 26.3 Å². The lowest BCUT2D eigenvalue weighted by Crippen LogP contribution is -2.18. The second-order valence-electron chi connectivity index (χ2n) is 4.45. The molecule has 0 aliphatic rings. The Morgan fingerprint density at radius 3 is 2.71 bits per heavy atom.